The molecule has 2 aromatic carbocycles. The molecule has 0 bridgehead atoms. The van der Waals surface area contributed by atoms with Gasteiger partial charge in [0.05, 0.1) is 41.6 Å². The number of allylic oxidation sites excluding steroid dienone is 4. The molecule has 0 atom stereocenters. The highest BCUT2D eigenvalue weighted by molar-refractivity contribution is 7.86. The maximum Gasteiger partial charge on any atom is 0.294 e. The molecule has 0 spiro atoms. The van der Waals surface area contributed by atoms with Crippen LogP contribution in [0.1, 0.15) is 71.4 Å². The van der Waals surface area contributed by atoms with Gasteiger partial charge in [0.2, 0.25) is 11.6 Å². The second-order valence-electron chi connectivity index (χ2n) is 14.4. The number of benzene rings is 2. The largest absolute Gasteiger partial charge is 0.378 e. The molecule has 1 aliphatic heterocycles. The molecular formula is C40H59N4O9S2+. The van der Waals surface area contributed by atoms with Crippen LogP contribution in [0, 0.1) is 0 Å². The predicted molar refractivity (Wildman–Crippen MR) is 217 cm³/mol. The molecule has 5 N–H and O–H groups in total. The van der Waals surface area contributed by atoms with Gasteiger partial charge in [0.25, 0.3) is 20.2 Å². The van der Waals surface area contributed by atoms with E-state index in [1.807, 2.05) is 58.9 Å². The molecule has 1 heterocycles. The van der Waals surface area contributed by atoms with E-state index in [1.165, 1.54) is 24.3 Å². The third-order valence-electron chi connectivity index (χ3n) is 9.67. The fourth-order valence-corrected chi connectivity index (χ4v) is 7.45. The van der Waals surface area contributed by atoms with Crippen LogP contribution >= 0.6 is 0 Å². The molecule has 0 unspecified atom stereocenters. The lowest BCUT2D eigenvalue weighted by Crippen LogP contribution is -2.28. The average Bonchev–Trinajstić information content (AvgIpc) is 3.34. The minimum absolute atomic E-state index is 0.0345. The van der Waals surface area contributed by atoms with Crippen LogP contribution in [0.2, 0.25) is 0 Å². The van der Waals surface area contributed by atoms with Gasteiger partial charge in [-0.25, -0.2) is 0 Å². The normalized spacial score (nSPS) is 14.5. The number of nitrogens with zero attached hydrogens (tertiary/aromatic N) is 2. The van der Waals surface area contributed by atoms with Crippen LogP contribution in [0.25, 0.3) is 0 Å². The van der Waals surface area contributed by atoms with Crippen molar-refractivity contribution in [2.75, 3.05) is 64.1 Å². The number of anilines is 1. The van der Waals surface area contributed by atoms with Gasteiger partial charge >= 0.3 is 0 Å². The highest BCUT2D eigenvalue weighted by atomic mass is 32.2. The summed E-state index contributed by atoms with van der Waals surface area (Å²) in [5.41, 5.74) is 8.35. The van der Waals surface area contributed by atoms with Gasteiger partial charge in [-0.3, -0.25) is 13.9 Å². The number of carbonyl (C=O) groups excluding carboxylic acids is 1. The van der Waals surface area contributed by atoms with Crippen molar-refractivity contribution in [2.24, 2.45) is 5.73 Å². The Labute approximate surface area is 327 Å². The van der Waals surface area contributed by atoms with Gasteiger partial charge in [0.1, 0.15) is 6.54 Å². The number of likely N-dealkylation sites (N-methyl/N-ethyl adjacent to an activating group) is 1. The van der Waals surface area contributed by atoms with Crippen molar-refractivity contribution >= 4 is 43.2 Å². The van der Waals surface area contributed by atoms with Gasteiger partial charge in [-0.2, -0.15) is 21.4 Å². The highest BCUT2D eigenvalue weighted by Gasteiger charge is 2.44. The van der Waals surface area contributed by atoms with Crippen molar-refractivity contribution in [1.29, 1.82) is 0 Å². The van der Waals surface area contributed by atoms with Gasteiger partial charge in [0, 0.05) is 67.8 Å². The number of hydrogen-bond acceptors (Lipinski definition) is 9. The zero-order chi connectivity index (χ0) is 40.9. The van der Waals surface area contributed by atoms with E-state index in [-0.39, 0.29) is 15.7 Å². The topological polar surface area (TPSA) is 189 Å². The summed E-state index contributed by atoms with van der Waals surface area (Å²) in [5.74, 6) is -0.0345. The van der Waals surface area contributed by atoms with Gasteiger partial charge in [0.15, 0.2) is 5.71 Å². The molecule has 2 aromatic rings. The van der Waals surface area contributed by atoms with E-state index in [2.05, 4.69) is 21.4 Å². The van der Waals surface area contributed by atoms with Crippen molar-refractivity contribution in [3.8, 4) is 0 Å². The van der Waals surface area contributed by atoms with E-state index in [1.54, 1.807) is 18.2 Å². The molecule has 13 nitrogen and oxygen atoms in total. The lowest BCUT2D eigenvalue weighted by Gasteiger charge is -2.31. The lowest BCUT2D eigenvalue weighted by molar-refractivity contribution is -0.438. The number of rotatable bonds is 24. The van der Waals surface area contributed by atoms with Gasteiger partial charge in [-0.05, 0) is 69.5 Å². The molecule has 0 aliphatic carbocycles. The first-order valence-electron chi connectivity index (χ1n) is 18.6. The Hall–Kier alpha value is -3.70. The quantitative estimate of drug-likeness (QED) is 0.0353. The molecule has 15 heteroatoms. The Morgan fingerprint density at radius 1 is 0.964 bits per heavy atom. The summed E-state index contributed by atoms with van der Waals surface area (Å²) in [5, 5.41) is 2.88. The number of carbonyl (C=O) groups is 1. The highest BCUT2D eigenvalue weighted by Crippen LogP contribution is 2.41. The molecule has 304 valence electrons. The first-order chi connectivity index (χ1) is 25.9. The van der Waals surface area contributed by atoms with E-state index in [4.69, 9.17) is 15.2 Å². The van der Waals surface area contributed by atoms with Gasteiger partial charge < -0.3 is 25.4 Å². The summed E-state index contributed by atoms with van der Waals surface area (Å²) in [7, 11) is -8.79. The molecule has 1 aliphatic rings. The number of nitrogens with one attached hydrogen (secondary N) is 1. The maximum atomic E-state index is 12.3. The van der Waals surface area contributed by atoms with E-state index >= 15 is 0 Å². The summed E-state index contributed by atoms with van der Waals surface area (Å²) < 4.78 is 80.3. The van der Waals surface area contributed by atoms with Crippen molar-refractivity contribution < 1.29 is 44.8 Å². The average molecular weight is 804 g/mol. The second-order valence-corrected chi connectivity index (χ2v) is 17.2. The molecule has 55 heavy (non-hydrogen) atoms. The number of ether oxygens (including phenoxy) is 2. The smallest absolute Gasteiger partial charge is 0.294 e. The molecule has 0 radical (unpaired) electrons. The SMILES string of the molecule is C=CC(C)(C)c1cc(S(=O)(=O)O)ccc1N(CC)C/C=C/C=C/C1=[N+](CCCCCC(=O)NCCOCCOCCN)c2ccc(S(=O)(=O)O)cc2C1(C)C. The molecule has 1 amide bonds. The van der Waals surface area contributed by atoms with Crippen LogP contribution in [-0.2, 0) is 45.3 Å². The Balaban J connectivity index is 1.74. The van der Waals surface area contributed by atoms with Crippen LogP contribution in [0.3, 0.4) is 0 Å². The van der Waals surface area contributed by atoms with Crippen LogP contribution in [-0.4, -0.2) is 101 Å². The maximum absolute atomic E-state index is 12.3. The third-order valence-corrected chi connectivity index (χ3v) is 11.4. The van der Waals surface area contributed by atoms with Gasteiger partial charge in [-0.1, -0.05) is 38.2 Å². The summed E-state index contributed by atoms with van der Waals surface area (Å²) in [4.78, 5) is 14.1. The number of fused-ring (bicyclic) bond motifs is 1. The minimum atomic E-state index is -4.40. The number of nitrogens with two attached hydrogens (primary N) is 1. The second kappa shape index (κ2) is 20.5. The van der Waals surface area contributed by atoms with Crippen LogP contribution in [0.15, 0.2) is 83.1 Å². The summed E-state index contributed by atoms with van der Waals surface area (Å²) >= 11 is 0. The fraction of sp³-hybridized carbons (Fsp3) is 0.500. The number of unbranched alkanes of at least 4 members (excludes halogenated alkanes) is 2. The molecule has 0 saturated heterocycles. The molecule has 3 rings (SSSR count). The Bertz CT molecular complexity index is 1950. The van der Waals surface area contributed by atoms with E-state index in [9.17, 15) is 30.7 Å². The van der Waals surface area contributed by atoms with Crippen molar-refractivity contribution in [3.63, 3.8) is 0 Å². The molecule has 0 saturated carbocycles. The summed E-state index contributed by atoms with van der Waals surface area (Å²) in [6.07, 6.45) is 12.3. The Kier molecular flexibility index (Phi) is 17.0. The zero-order valence-electron chi connectivity index (χ0n) is 32.8. The van der Waals surface area contributed by atoms with Crippen molar-refractivity contribution in [3.05, 3.63) is 84.5 Å². The molecular weight excluding hydrogens is 745 g/mol. The summed E-state index contributed by atoms with van der Waals surface area (Å²) in [6.45, 7) is 18.3. The summed E-state index contributed by atoms with van der Waals surface area (Å²) in [6, 6.07) is 9.27. The lowest BCUT2D eigenvalue weighted by atomic mass is 9.81. The zero-order valence-corrected chi connectivity index (χ0v) is 34.4. The number of hydrogen-bond donors (Lipinski definition) is 4. The standard InChI is InChI=1S/C40H58N4O9S2/c1-7-39(3,4)33-29-31(54(46,47)48)17-19-35(33)43(8-2)23-13-9-11-15-37-40(5,6)34-30-32(55(49,50)51)18-20-36(34)44(37)24-14-10-12-16-38(45)42-22-26-53-28-27-52-25-21-41/h7,9,11,13,15,17-20,29-30H,1,8,10,12,14,16,21-28,41H2,2-6H3,(H2-,42,45,46,47,48,49,50,51)/p+1/b13-9+,15-11+. The van der Waals surface area contributed by atoms with E-state index in [0.29, 0.717) is 72.0 Å². The van der Waals surface area contributed by atoms with Crippen LogP contribution in [0.4, 0.5) is 11.4 Å². The Morgan fingerprint density at radius 2 is 1.62 bits per heavy atom. The van der Waals surface area contributed by atoms with Crippen molar-refractivity contribution in [2.45, 2.75) is 80.9 Å². The van der Waals surface area contributed by atoms with Gasteiger partial charge in [-0.15, -0.1) is 6.58 Å². The van der Waals surface area contributed by atoms with Crippen LogP contribution in [0.5, 0.6) is 0 Å². The predicted octanol–water partition coefficient (Wildman–Crippen LogP) is 5.33. The Morgan fingerprint density at radius 3 is 2.25 bits per heavy atom. The molecule has 0 fully saturated rings. The monoisotopic (exact) mass is 803 g/mol. The first kappa shape index (κ1) is 45.7. The van der Waals surface area contributed by atoms with E-state index in [0.717, 1.165) is 41.1 Å². The van der Waals surface area contributed by atoms with Crippen LogP contribution < -0.4 is 16.0 Å². The first-order valence-corrected chi connectivity index (χ1v) is 21.5. The van der Waals surface area contributed by atoms with E-state index < -0.39 is 31.1 Å². The minimum Gasteiger partial charge on any atom is -0.378 e. The third kappa shape index (κ3) is 12.9. The molecule has 0 aromatic heterocycles. The van der Waals surface area contributed by atoms with Crippen molar-refractivity contribution in [1.82, 2.24) is 5.32 Å². The number of amides is 1. The fourth-order valence-electron chi connectivity index (χ4n) is 6.43.